The van der Waals surface area contributed by atoms with Gasteiger partial charge in [-0.05, 0) is 36.5 Å². The molecule has 1 saturated heterocycles. The Morgan fingerprint density at radius 3 is 2.83 bits per heavy atom. The van der Waals surface area contributed by atoms with Gasteiger partial charge in [-0.1, -0.05) is 6.07 Å². The highest BCUT2D eigenvalue weighted by Gasteiger charge is 2.26. The predicted octanol–water partition coefficient (Wildman–Crippen LogP) is 1.76. The Bertz CT molecular complexity index is 510. The summed E-state index contributed by atoms with van der Waals surface area (Å²) >= 11 is 0. The van der Waals surface area contributed by atoms with E-state index in [1.165, 1.54) is 13.2 Å². The summed E-state index contributed by atoms with van der Waals surface area (Å²) in [6.07, 6.45) is 1.62. The van der Waals surface area contributed by atoms with Crippen molar-refractivity contribution in [3.8, 4) is 0 Å². The third-order valence-electron chi connectivity index (χ3n) is 3.95. The smallest absolute Gasteiger partial charge is 0.237 e. The number of rotatable bonds is 6. The van der Waals surface area contributed by atoms with E-state index < -0.39 is 6.04 Å². The predicted molar refractivity (Wildman–Crippen MR) is 87.7 cm³/mol. The van der Waals surface area contributed by atoms with Crippen LogP contribution in [0.3, 0.4) is 0 Å². The van der Waals surface area contributed by atoms with Crippen molar-refractivity contribution in [2.24, 2.45) is 11.7 Å². The molecular formula is C16H24ClFN2O3. The van der Waals surface area contributed by atoms with Gasteiger partial charge in [-0.15, -0.1) is 12.4 Å². The molecule has 0 aromatic heterocycles. The van der Waals surface area contributed by atoms with Crippen molar-refractivity contribution >= 4 is 18.3 Å². The lowest BCUT2D eigenvalue weighted by atomic mass is 9.92. The standard InChI is InChI=1S/C16H23FN2O3.ClH/c1-21-10-13-8-11(2-3-14(13)17)9-19-16(20)15(18)12-4-6-22-7-5-12;/h2-3,8,12,15H,4-7,9-10,18H2,1H3,(H,19,20);1H. The molecule has 1 amide bonds. The molecule has 1 aromatic rings. The fourth-order valence-electron chi connectivity index (χ4n) is 2.60. The number of halogens is 2. The van der Waals surface area contributed by atoms with Crippen molar-refractivity contribution < 1.29 is 18.7 Å². The van der Waals surface area contributed by atoms with E-state index in [4.69, 9.17) is 15.2 Å². The maximum atomic E-state index is 13.5. The minimum atomic E-state index is -0.525. The molecule has 2 rings (SSSR count). The molecule has 1 unspecified atom stereocenters. The summed E-state index contributed by atoms with van der Waals surface area (Å²) in [5.74, 6) is -0.327. The Hall–Kier alpha value is -1.21. The summed E-state index contributed by atoms with van der Waals surface area (Å²) in [5, 5.41) is 2.82. The van der Waals surface area contributed by atoms with Crippen LogP contribution < -0.4 is 11.1 Å². The molecule has 0 aliphatic carbocycles. The van der Waals surface area contributed by atoms with Gasteiger partial charge in [0, 0.05) is 32.4 Å². The monoisotopic (exact) mass is 346 g/mol. The Balaban J connectivity index is 0.00000264. The van der Waals surface area contributed by atoms with Gasteiger partial charge in [-0.3, -0.25) is 4.79 Å². The van der Waals surface area contributed by atoms with Crippen LogP contribution in [0.4, 0.5) is 4.39 Å². The van der Waals surface area contributed by atoms with E-state index in [2.05, 4.69) is 5.32 Å². The molecule has 1 aliphatic rings. The van der Waals surface area contributed by atoms with Gasteiger partial charge in [0.05, 0.1) is 12.6 Å². The van der Waals surface area contributed by atoms with Crippen LogP contribution in [-0.2, 0) is 27.4 Å². The van der Waals surface area contributed by atoms with Crippen LogP contribution in [0.5, 0.6) is 0 Å². The van der Waals surface area contributed by atoms with Crippen molar-refractivity contribution in [3.05, 3.63) is 35.1 Å². The number of hydrogen-bond donors (Lipinski definition) is 2. The normalized spacial score (nSPS) is 16.5. The Labute approximate surface area is 142 Å². The van der Waals surface area contributed by atoms with Gasteiger partial charge in [-0.25, -0.2) is 4.39 Å². The van der Waals surface area contributed by atoms with Crippen LogP contribution in [0.2, 0.25) is 0 Å². The van der Waals surface area contributed by atoms with Crippen molar-refractivity contribution in [1.29, 1.82) is 0 Å². The Kier molecular flexibility index (Phi) is 8.47. The van der Waals surface area contributed by atoms with Crippen LogP contribution in [0.25, 0.3) is 0 Å². The van der Waals surface area contributed by atoms with Crippen LogP contribution in [0.15, 0.2) is 18.2 Å². The second-order valence-electron chi connectivity index (χ2n) is 5.55. The number of nitrogens with one attached hydrogen (secondary N) is 1. The highest BCUT2D eigenvalue weighted by Crippen LogP contribution is 2.18. The van der Waals surface area contributed by atoms with E-state index in [0.717, 1.165) is 18.4 Å². The number of nitrogens with two attached hydrogens (primary N) is 1. The molecule has 5 nitrogen and oxygen atoms in total. The fraction of sp³-hybridized carbons (Fsp3) is 0.562. The molecule has 130 valence electrons. The zero-order valence-electron chi connectivity index (χ0n) is 13.2. The second kappa shape index (κ2) is 9.82. The van der Waals surface area contributed by atoms with Crippen LogP contribution >= 0.6 is 12.4 Å². The third kappa shape index (κ3) is 5.73. The first-order valence-corrected chi connectivity index (χ1v) is 7.49. The summed E-state index contributed by atoms with van der Waals surface area (Å²) in [6, 6.07) is 4.20. The summed E-state index contributed by atoms with van der Waals surface area (Å²) < 4.78 is 23.7. The Morgan fingerprint density at radius 1 is 1.48 bits per heavy atom. The molecule has 1 fully saturated rings. The summed E-state index contributed by atoms with van der Waals surface area (Å²) in [7, 11) is 1.51. The molecule has 1 aromatic carbocycles. The first-order valence-electron chi connectivity index (χ1n) is 7.49. The van der Waals surface area contributed by atoms with Gasteiger partial charge in [0.15, 0.2) is 0 Å². The van der Waals surface area contributed by atoms with Crippen LogP contribution in [0, 0.1) is 11.7 Å². The average Bonchev–Trinajstić information content (AvgIpc) is 2.55. The van der Waals surface area contributed by atoms with E-state index in [1.54, 1.807) is 12.1 Å². The zero-order valence-corrected chi connectivity index (χ0v) is 14.0. The van der Waals surface area contributed by atoms with E-state index in [0.29, 0.717) is 25.3 Å². The van der Waals surface area contributed by atoms with Gasteiger partial charge in [-0.2, -0.15) is 0 Å². The lowest BCUT2D eigenvalue weighted by Gasteiger charge is -2.26. The minimum absolute atomic E-state index is 0. The SMILES string of the molecule is COCc1cc(CNC(=O)C(N)C2CCOCC2)ccc1F.Cl. The van der Waals surface area contributed by atoms with E-state index in [-0.39, 0.29) is 36.7 Å². The van der Waals surface area contributed by atoms with Crippen LogP contribution in [-0.4, -0.2) is 32.3 Å². The summed E-state index contributed by atoms with van der Waals surface area (Å²) in [5.41, 5.74) is 7.31. The van der Waals surface area contributed by atoms with Crippen LogP contribution in [0.1, 0.15) is 24.0 Å². The molecule has 1 heterocycles. The fourth-order valence-corrected chi connectivity index (χ4v) is 2.60. The molecule has 0 radical (unpaired) electrons. The molecule has 3 N–H and O–H groups in total. The van der Waals surface area contributed by atoms with Gasteiger partial charge < -0.3 is 20.5 Å². The lowest BCUT2D eigenvalue weighted by molar-refractivity contribution is -0.124. The topological polar surface area (TPSA) is 73.6 Å². The van der Waals surface area contributed by atoms with Crippen molar-refractivity contribution in [3.63, 3.8) is 0 Å². The molecule has 7 heteroatoms. The first kappa shape index (κ1) is 19.8. The summed E-state index contributed by atoms with van der Waals surface area (Å²) in [4.78, 5) is 12.1. The first-order chi connectivity index (χ1) is 10.6. The van der Waals surface area contributed by atoms with E-state index in [1.807, 2.05) is 0 Å². The highest BCUT2D eigenvalue weighted by atomic mass is 35.5. The maximum Gasteiger partial charge on any atom is 0.237 e. The van der Waals surface area contributed by atoms with Gasteiger partial charge in [0.25, 0.3) is 0 Å². The lowest BCUT2D eigenvalue weighted by Crippen LogP contribution is -2.46. The average molecular weight is 347 g/mol. The number of hydrogen-bond acceptors (Lipinski definition) is 4. The van der Waals surface area contributed by atoms with Gasteiger partial charge >= 0.3 is 0 Å². The van der Waals surface area contributed by atoms with Gasteiger partial charge in [0.2, 0.25) is 5.91 Å². The molecule has 1 aliphatic heterocycles. The largest absolute Gasteiger partial charge is 0.381 e. The van der Waals surface area contributed by atoms with Gasteiger partial charge in [0.1, 0.15) is 5.82 Å². The molecule has 23 heavy (non-hydrogen) atoms. The molecule has 0 bridgehead atoms. The maximum absolute atomic E-state index is 13.5. The third-order valence-corrected chi connectivity index (χ3v) is 3.95. The zero-order chi connectivity index (χ0) is 15.9. The number of amides is 1. The quantitative estimate of drug-likeness (QED) is 0.823. The van der Waals surface area contributed by atoms with E-state index in [9.17, 15) is 9.18 Å². The number of methoxy groups -OCH3 is 1. The van der Waals surface area contributed by atoms with Crippen molar-refractivity contribution in [2.45, 2.75) is 32.0 Å². The number of carbonyl (C=O) groups is 1. The second-order valence-corrected chi connectivity index (χ2v) is 5.55. The van der Waals surface area contributed by atoms with E-state index >= 15 is 0 Å². The highest BCUT2D eigenvalue weighted by molar-refractivity contribution is 5.85. The minimum Gasteiger partial charge on any atom is -0.381 e. The molecular weight excluding hydrogens is 323 g/mol. The molecule has 0 saturated carbocycles. The molecule has 1 atom stereocenters. The number of carbonyl (C=O) groups excluding carboxylic acids is 1. The Morgan fingerprint density at radius 2 is 2.17 bits per heavy atom. The molecule has 0 spiro atoms. The number of ether oxygens (including phenoxy) is 2. The number of benzene rings is 1. The van der Waals surface area contributed by atoms with Crippen molar-refractivity contribution in [2.75, 3.05) is 20.3 Å². The summed E-state index contributed by atoms with van der Waals surface area (Å²) in [6.45, 7) is 1.84. The van der Waals surface area contributed by atoms with Crippen molar-refractivity contribution in [1.82, 2.24) is 5.32 Å².